The summed E-state index contributed by atoms with van der Waals surface area (Å²) in [6.07, 6.45) is 0.00445. The summed E-state index contributed by atoms with van der Waals surface area (Å²) in [5.41, 5.74) is 2.07. The highest BCUT2D eigenvalue weighted by Gasteiger charge is 2.17. The van der Waals surface area contributed by atoms with Crippen LogP contribution in [0.5, 0.6) is 5.75 Å². The Kier molecular flexibility index (Phi) is 4.79. The smallest absolute Gasteiger partial charge is 0.310 e. The Balaban J connectivity index is 1.66. The molecule has 0 fully saturated rings. The summed E-state index contributed by atoms with van der Waals surface area (Å²) in [6, 6.07) is 9.32. The Morgan fingerprint density at radius 2 is 2.17 bits per heavy atom. The van der Waals surface area contributed by atoms with Gasteiger partial charge in [-0.2, -0.15) is 0 Å². The van der Waals surface area contributed by atoms with E-state index in [1.807, 2.05) is 0 Å². The summed E-state index contributed by atoms with van der Waals surface area (Å²) in [4.78, 5) is 11.9. The third-order valence-electron chi connectivity index (χ3n) is 3.38. The molecule has 0 atom stereocenters. The van der Waals surface area contributed by atoms with Crippen LogP contribution in [0.2, 0.25) is 5.02 Å². The van der Waals surface area contributed by atoms with Crippen LogP contribution in [0.1, 0.15) is 16.7 Å². The molecule has 23 heavy (non-hydrogen) atoms. The Morgan fingerprint density at radius 3 is 3.00 bits per heavy atom. The zero-order valence-corrected chi connectivity index (χ0v) is 12.9. The number of halogens is 2. The number of carbonyl (C=O) groups excluding carboxylic acids is 1. The van der Waals surface area contributed by atoms with E-state index in [2.05, 4.69) is 0 Å². The number of hydrogen-bond donors (Lipinski definition) is 0. The lowest BCUT2D eigenvalue weighted by Gasteiger charge is -2.21. The number of rotatable bonds is 4. The Labute approximate surface area is 137 Å². The first-order chi connectivity index (χ1) is 11.1. The van der Waals surface area contributed by atoms with Crippen LogP contribution in [-0.2, 0) is 33.9 Å². The molecule has 0 aromatic heterocycles. The van der Waals surface area contributed by atoms with Gasteiger partial charge < -0.3 is 14.2 Å². The molecule has 120 valence electrons. The molecule has 0 N–H and O–H groups in total. The monoisotopic (exact) mass is 336 g/mol. The second-order valence-electron chi connectivity index (χ2n) is 5.13. The third-order valence-corrected chi connectivity index (χ3v) is 3.60. The van der Waals surface area contributed by atoms with E-state index >= 15 is 0 Å². The zero-order valence-electron chi connectivity index (χ0n) is 12.2. The second-order valence-corrected chi connectivity index (χ2v) is 5.57. The van der Waals surface area contributed by atoms with Crippen LogP contribution in [0, 0.1) is 5.82 Å². The van der Waals surface area contributed by atoms with Crippen molar-refractivity contribution in [2.45, 2.75) is 19.6 Å². The second kappa shape index (κ2) is 6.98. The van der Waals surface area contributed by atoms with E-state index in [9.17, 15) is 9.18 Å². The highest BCUT2D eigenvalue weighted by molar-refractivity contribution is 6.30. The SMILES string of the molecule is O=C(Cc1cccc(F)c1)OCc1cc(Cl)cc2c1OCOC2. The fraction of sp³-hybridized carbons (Fsp3) is 0.235. The Bertz CT molecular complexity index is 733. The lowest BCUT2D eigenvalue weighted by atomic mass is 10.1. The first kappa shape index (κ1) is 15.8. The first-order valence-corrected chi connectivity index (χ1v) is 7.41. The molecule has 2 aromatic rings. The van der Waals surface area contributed by atoms with Gasteiger partial charge in [0, 0.05) is 16.1 Å². The van der Waals surface area contributed by atoms with Crippen LogP contribution in [0.15, 0.2) is 36.4 Å². The van der Waals surface area contributed by atoms with E-state index in [1.54, 1.807) is 24.3 Å². The molecule has 1 heterocycles. The van der Waals surface area contributed by atoms with E-state index in [0.717, 1.165) is 5.56 Å². The fourth-order valence-electron chi connectivity index (χ4n) is 2.39. The maximum Gasteiger partial charge on any atom is 0.310 e. The molecule has 6 heteroatoms. The highest BCUT2D eigenvalue weighted by atomic mass is 35.5. The van der Waals surface area contributed by atoms with Crippen molar-refractivity contribution in [3.63, 3.8) is 0 Å². The average molecular weight is 337 g/mol. The summed E-state index contributed by atoms with van der Waals surface area (Å²) in [7, 11) is 0. The number of fused-ring (bicyclic) bond motifs is 1. The predicted octanol–water partition coefficient (Wildman–Crippen LogP) is 3.63. The number of carbonyl (C=O) groups is 1. The summed E-state index contributed by atoms with van der Waals surface area (Å²) in [5.74, 6) is -0.191. The summed E-state index contributed by atoms with van der Waals surface area (Å²) in [5, 5.41) is 0.522. The minimum Gasteiger partial charge on any atom is -0.467 e. The van der Waals surface area contributed by atoms with Crippen molar-refractivity contribution in [1.82, 2.24) is 0 Å². The van der Waals surface area contributed by atoms with Crippen molar-refractivity contribution in [3.8, 4) is 5.75 Å². The van der Waals surface area contributed by atoms with E-state index in [-0.39, 0.29) is 25.6 Å². The van der Waals surface area contributed by atoms with Crippen molar-refractivity contribution >= 4 is 17.6 Å². The Morgan fingerprint density at radius 1 is 1.30 bits per heavy atom. The van der Waals surface area contributed by atoms with Crippen molar-refractivity contribution in [3.05, 3.63) is 63.9 Å². The molecule has 3 rings (SSSR count). The van der Waals surface area contributed by atoms with Gasteiger partial charge in [0.15, 0.2) is 6.79 Å². The van der Waals surface area contributed by atoms with E-state index in [4.69, 9.17) is 25.8 Å². The lowest BCUT2D eigenvalue weighted by molar-refractivity contribution is -0.144. The predicted molar refractivity (Wildman–Crippen MR) is 81.6 cm³/mol. The molecule has 0 amide bonds. The van der Waals surface area contributed by atoms with Crippen LogP contribution in [0.25, 0.3) is 0 Å². The number of ether oxygens (including phenoxy) is 3. The summed E-state index contributed by atoms with van der Waals surface area (Å²) >= 11 is 6.05. The maximum atomic E-state index is 13.1. The quantitative estimate of drug-likeness (QED) is 0.800. The van der Waals surface area contributed by atoms with Crippen LogP contribution in [0.3, 0.4) is 0 Å². The molecule has 0 saturated carbocycles. The minimum atomic E-state index is -0.448. The molecule has 0 aliphatic carbocycles. The molecule has 0 radical (unpaired) electrons. The highest BCUT2D eigenvalue weighted by Crippen LogP contribution is 2.32. The third kappa shape index (κ3) is 4.00. The van der Waals surface area contributed by atoms with E-state index < -0.39 is 5.97 Å². The molecule has 1 aliphatic rings. The van der Waals surface area contributed by atoms with Crippen molar-refractivity contribution in [2.24, 2.45) is 0 Å². The van der Waals surface area contributed by atoms with E-state index in [1.165, 1.54) is 12.1 Å². The van der Waals surface area contributed by atoms with Gasteiger partial charge in [-0.05, 0) is 29.8 Å². The molecule has 0 unspecified atom stereocenters. The van der Waals surface area contributed by atoms with Gasteiger partial charge in [-0.15, -0.1) is 0 Å². The van der Waals surface area contributed by atoms with Gasteiger partial charge >= 0.3 is 5.97 Å². The molecule has 2 aromatic carbocycles. The fourth-order valence-corrected chi connectivity index (χ4v) is 2.65. The van der Waals surface area contributed by atoms with E-state index in [0.29, 0.717) is 28.5 Å². The van der Waals surface area contributed by atoms with Gasteiger partial charge in [0.25, 0.3) is 0 Å². The average Bonchev–Trinajstić information content (AvgIpc) is 2.52. The number of benzene rings is 2. The van der Waals surface area contributed by atoms with Gasteiger partial charge in [-0.25, -0.2) is 4.39 Å². The minimum absolute atomic E-state index is 0.00445. The summed E-state index contributed by atoms with van der Waals surface area (Å²) in [6.45, 7) is 0.593. The largest absolute Gasteiger partial charge is 0.467 e. The van der Waals surface area contributed by atoms with Gasteiger partial charge in [-0.1, -0.05) is 23.7 Å². The van der Waals surface area contributed by atoms with Crippen LogP contribution in [0.4, 0.5) is 4.39 Å². The Hall–Kier alpha value is -2.11. The van der Waals surface area contributed by atoms with Gasteiger partial charge in [0.05, 0.1) is 13.0 Å². The molecule has 4 nitrogen and oxygen atoms in total. The molecular weight excluding hydrogens is 323 g/mol. The summed E-state index contributed by atoms with van der Waals surface area (Å²) < 4.78 is 29.0. The molecule has 0 saturated heterocycles. The van der Waals surface area contributed by atoms with Crippen LogP contribution in [-0.4, -0.2) is 12.8 Å². The normalized spacial score (nSPS) is 13.1. The number of hydrogen-bond acceptors (Lipinski definition) is 4. The van der Waals surface area contributed by atoms with Crippen molar-refractivity contribution < 1.29 is 23.4 Å². The molecule has 1 aliphatic heterocycles. The first-order valence-electron chi connectivity index (χ1n) is 7.04. The maximum absolute atomic E-state index is 13.1. The van der Waals surface area contributed by atoms with Crippen LogP contribution >= 0.6 is 11.6 Å². The van der Waals surface area contributed by atoms with Gasteiger partial charge in [0.1, 0.15) is 18.2 Å². The molecule has 0 bridgehead atoms. The van der Waals surface area contributed by atoms with Gasteiger partial charge in [0.2, 0.25) is 0 Å². The van der Waals surface area contributed by atoms with Crippen LogP contribution < -0.4 is 4.74 Å². The van der Waals surface area contributed by atoms with Crippen molar-refractivity contribution in [1.29, 1.82) is 0 Å². The molecule has 0 spiro atoms. The lowest BCUT2D eigenvalue weighted by Crippen LogP contribution is -2.15. The topological polar surface area (TPSA) is 44.8 Å². The van der Waals surface area contributed by atoms with Gasteiger partial charge in [-0.3, -0.25) is 4.79 Å². The van der Waals surface area contributed by atoms with Crippen molar-refractivity contribution in [2.75, 3.05) is 6.79 Å². The zero-order chi connectivity index (χ0) is 16.2. The molecular formula is C17H14ClFO4. The number of esters is 1. The standard InChI is InChI=1S/C17H14ClFO4/c18-14-6-12-8-21-10-23-17(12)13(7-14)9-22-16(20)5-11-2-1-3-15(19)4-11/h1-4,6-7H,5,8-10H2.